The molecule has 0 rings (SSSR count). The SMILES string of the molecule is C=CC(=O)N(C)CCC.CC. The molecule has 66 valence electrons. The molecule has 2 nitrogen and oxygen atoms in total. The summed E-state index contributed by atoms with van der Waals surface area (Å²) < 4.78 is 0. The fraction of sp³-hybridized carbons (Fsp3) is 0.667. The van der Waals surface area contributed by atoms with E-state index < -0.39 is 0 Å². The lowest BCUT2D eigenvalue weighted by Gasteiger charge is -2.12. The third-order valence-corrected chi connectivity index (χ3v) is 1.11. The molecule has 11 heavy (non-hydrogen) atoms. The minimum atomic E-state index is -0.00292. The van der Waals surface area contributed by atoms with Crippen molar-refractivity contribution in [2.75, 3.05) is 13.6 Å². The Hall–Kier alpha value is -0.790. The lowest BCUT2D eigenvalue weighted by atomic mass is 10.4. The highest BCUT2D eigenvalue weighted by molar-refractivity contribution is 5.86. The molecule has 0 aliphatic rings. The first-order valence-corrected chi connectivity index (χ1v) is 4.10. The van der Waals surface area contributed by atoms with Crippen molar-refractivity contribution in [3.8, 4) is 0 Å². The Balaban J connectivity index is 0. The van der Waals surface area contributed by atoms with E-state index in [9.17, 15) is 4.79 Å². The Morgan fingerprint density at radius 3 is 2.27 bits per heavy atom. The number of hydrogen-bond donors (Lipinski definition) is 0. The van der Waals surface area contributed by atoms with Crippen LogP contribution in [-0.2, 0) is 4.79 Å². The molecule has 0 aromatic heterocycles. The quantitative estimate of drug-likeness (QED) is 0.574. The molecule has 0 aliphatic heterocycles. The van der Waals surface area contributed by atoms with Gasteiger partial charge in [-0.25, -0.2) is 0 Å². The van der Waals surface area contributed by atoms with Gasteiger partial charge in [0.05, 0.1) is 0 Å². The Labute approximate surface area is 69.9 Å². The van der Waals surface area contributed by atoms with Gasteiger partial charge in [0.15, 0.2) is 0 Å². The number of carbonyl (C=O) groups excluding carboxylic acids is 1. The van der Waals surface area contributed by atoms with E-state index in [1.165, 1.54) is 6.08 Å². The molecule has 0 aromatic carbocycles. The van der Waals surface area contributed by atoms with Gasteiger partial charge in [-0.1, -0.05) is 27.4 Å². The van der Waals surface area contributed by atoms with Gasteiger partial charge in [-0.2, -0.15) is 0 Å². The van der Waals surface area contributed by atoms with Crippen molar-refractivity contribution in [3.63, 3.8) is 0 Å². The van der Waals surface area contributed by atoms with Crippen molar-refractivity contribution in [2.45, 2.75) is 27.2 Å². The molecule has 0 aliphatic carbocycles. The number of hydrogen-bond acceptors (Lipinski definition) is 1. The molecule has 0 radical (unpaired) electrons. The van der Waals surface area contributed by atoms with E-state index in [4.69, 9.17) is 0 Å². The van der Waals surface area contributed by atoms with E-state index in [2.05, 4.69) is 6.58 Å². The van der Waals surface area contributed by atoms with Gasteiger partial charge < -0.3 is 4.90 Å². The summed E-state index contributed by atoms with van der Waals surface area (Å²) in [5.74, 6) is -0.00292. The van der Waals surface area contributed by atoms with Gasteiger partial charge in [0.2, 0.25) is 5.91 Å². The fourth-order valence-electron chi connectivity index (χ4n) is 0.601. The van der Waals surface area contributed by atoms with Gasteiger partial charge >= 0.3 is 0 Å². The van der Waals surface area contributed by atoms with E-state index in [1.54, 1.807) is 11.9 Å². The van der Waals surface area contributed by atoms with E-state index in [0.29, 0.717) is 0 Å². The average Bonchev–Trinajstić information content (AvgIpc) is 2.07. The minimum absolute atomic E-state index is 0.00292. The standard InChI is InChI=1S/C7H13NO.C2H6/c1-4-6-8(3)7(9)5-2;1-2/h5H,2,4,6H2,1,3H3;1-2H3. The summed E-state index contributed by atoms with van der Waals surface area (Å²) in [7, 11) is 1.77. The second-order valence-corrected chi connectivity index (χ2v) is 1.96. The maximum atomic E-state index is 10.7. The number of amides is 1. The summed E-state index contributed by atoms with van der Waals surface area (Å²) in [4.78, 5) is 12.4. The van der Waals surface area contributed by atoms with Crippen molar-refractivity contribution in [2.24, 2.45) is 0 Å². The fourth-order valence-corrected chi connectivity index (χ4v) is 0.601. The highest BCUT2D eigenvalue weighted by Gasteiger charge is 1.99. The van der Waals surface area contributed by atoms with Gasteiger partial charge in [-0.15, -0.1) is 0 Å². The zero-order valence-corrected chi connectivity index (χ0v) is 8.05. The summed E-state index contributed by atoms with van der Waals surface area (Å²) in [6.45, 7) is 10.2. The Bertz CT molecular complexity index is 110. The Kier molecular flexibility index (Phi) is 10.8. The first-order chi connectivity index (χ1) is 5.22. The first-order valence-electron chi connectivity index (χ1n) is 4.10. The number of likely N-dealkylation sites (N-methyl/N-ethyl adjacent to an activating group) is 1. The number of nitrogens with zero attached hydrogens (tertiary/aromatic N) is 1. The van der Waals surface area contributed by atoms with Crippen LogP contribution in [0.5, 0.6) is 0 Å². The van der Waals surface area contributed by atoms with Gasteiger partial charge in [-0.3, -0.25) is 4.79 Å². The molecular weight excluding hydrogens is 138 g/mol. The summed E-state index contributed by atoms with van der Waals surface area (Å²) in [5, 5.41) is 0. The van der Waals surface area contributed by atoms with Crippen molar-refractivity contribution < 1.29 is 4.79 Å². The molecule has 0 fully saturated rings. The molecule has 1 amide bonds. The summed E-state index contributed by atoms with van der Waals surface area (Å²) in [6.07, 6.45) is 2.33. The van der Waals surface area contributed by atoms with Crippen LogP contribution in [0.2, 0.25) is 0 Å². The van der Waals surface area contributed by atoms with Crippen LogP contribution in [0.25, 0.3) is 0 Å². The second-order valence-electron chi connectivity index (χ2n) is 1.96. The predicted molar refractivity (Wildman–Crippen MR) is 49.5 cm³/mol. The molecule has 0 spiro atoms. The van der Waals surface area contributed by atoms with Crippen molar-refractivity contribution in [3.05, 3.63) is 12.7 Å². The predicted octanol–water partition coefficient (Wildman–Crippen LogP) is 2.07. The molecular formula is C9H19NO. The highest BCUT2D eigenvalue weighted by atomic mass is 16.2. The zero-order valence-electron chi connectivity index (χ0n) is 8.05. The van der Waals surface area contributed by atoms with Gasteiger partial charge in [0.25, 0.3) is 0 Å². The van der Waals surface area contributed by atoms with Gasteiger partial charge in [0.1, 0.15) is 0 Å². The molecule has 0 saturated heterocycles. The smallest absolute Gasteiger partial charge is 0.245 e. The minimum Gasteiger partial charge on any atom is -0.342 e. The molecule has 2 heteroatoms. The van der Waals surface area contributed by atoms with Crippen LogP contribution < -0.4 is 0 Å². The summed E-state index contributed by atoms with van der Waals surface area (Å²) in [5.41, 5.74) is 0. The van der Waals surface area contributed by atoms with Crippen LogP contribution in [0.4, 0.5) is 0 Å². The maximum absolute atomic E-state index is 10.7. The van der Waals surface area contributed by atoms with Gasteiger partial charge in [-0.05, 0) is 12.5 Å². The lowest BCUT2D eigenvalue weighted by Crippen LogP contribution is -2.24. The van der Waals surface area contributed by atoms with Crippen LogP contribution in [0.15, 0.2) is 12.7 Å². The third-order valence-electron chi connectivity index (χ3n) is 1.11. The number of carbonyl (C=O) groups is 1. The van der Waals surface area contributed by atoms with Gasteiger partial charge in [0, 0.05) is 13.6 Å². The van der Waals surface area contributed by atoms with Crippen molar-refractivity contribution >= 4 is 5.91 Å². The first kappa shape index (κ1) is 12.8. The van der Waals surface area contributed by atoms with Crippen molar-refractivity contribution in [1.82, 2.24) is 4.90 Å². The van der Waals surface area contributed by atoms with Crippen LogP contribution in [0.1, 0.15) is 27.2 Å². The summed E-state index contributed by atoms with van der Waals surface area (Å²) >= 11 is 0. The second kappa shape index (κ2) is 9.21. The molecule has 0 bridgehead atoms. The number of rotatable bonds is 3. The van der Waals surface area contributed by atoms with Crippen LogP contribution >= 0.6 is 0 Å². The highest BCUT2D eigenvalue weighted by Crippen LogP contribution is 1.86. The monoisotopic (exact) mass is 157 g/mol. The molecule has 0 aromatic rings. The summed E-state index contributed by atoms with van der Waals surface area (Å²) in [6, 6.07) is 0. The lowest BCUT2D eigenvalue weighted by molar-refractivity contribution is -0.124. The zero-order chi connectivity index (χ0) is 9.28. The van der Waals surface area contributed by atoms with Crippen LogP contribution in [-0.4, -0.2) is 24.4 Å². The van der Waals surface area contributed by atoms with Crippen LogP contribution in [0.3, 0.4) is 0 Å². The molecule has 0 saturated carbocycles. The maximum Gasteiger partial charge on any atom is 0.245 e. The molecule has 0 N–H and O–H groups in total. The third kappa shape index (κ3) is 7.10. The van der Waals surface area contributed by atoms with E-state index in [0.717, 1.165) is 13.0 Å². The largest absolute Gasteiger partial charge is 0.342 e. The van der Waals surface area contributed by atoms with E-state index >= 15 is 0 Å². The molecule has 0 unspecified atom stereocenters. The average molecular weight is 157 g/mol. The topological polar surface area (TPSA) is 20.3 Å². The molecule has 0 atom stereocenters. The van der Waals surface area contributed by atoms with Crippen molar-refractivity contribution in [1.29, 1.82) is 0 Å². The van der Waals surface area contributed by atoms with E-state index in [-0.39, 0.29) is 5.91 Å². The normalized spacial score (nSPS) is 7.64. The molecule has 0 heterocycles. The van der Waals surface area contributed by atoms with Crippen LogP contribution in [0, 0.1) is 0 Å². The Morgan fingerprint density at radius 2 is 2.00 bits per heavy atom. The Morgan fingerprint density at radius 1 is 1.55 bits per heavy atom. The van der Waals surface area contributed by atoms with E-state index in [1.807, 2.05) is 20.8 Å².